The molecule has 1 heterocycles. The predicted octanol–water partition coefficient (Wildman–Crippen LogP) is 1.03. The maximum atomic E-state index is 11.8. The number of ether oxygens (including phenoxy) is 1. The molecule has 5 heteroatoms. The fraction of sp³-hybridized carbons (Fsp3) is 0.286. The van der Waals surface area contributed by atoms with Gasteiger partial charge in [-0.05, 0) is 5.56 Å². The van der Waals surface area contributed by atoms with E-state index in [9.17, 15) is 4.79 Å². The number of aryl methyl sites for hydroxylation is 1. The molecule has 2 rings (SSSR count). The SMILES string of the molecule is Cn1cncc1CC(N)C(=O)OCc1ccccc1. The van der Waals surface area contributed by atoms with E-state index in [1.165, 1.54) is 0 Å². The Bertz CT molecular complexity index is 537. The van der Waals surface area contributed by atoms with Crippen molar-refractivity contribution in [3.8, 4) is 0 Å². The molecule has 1 aromatic heterocycles. The standard InChI is InChI=1S/C14H17N3O2/c1-17-10-16-8-12(17)7-13(15)14(18)19-9-11-5-3-2-4-6-11/h2-6,8,10,13H,7,9,15H2,1H3. The summed E-state index contributed by atoms with van der Waals surface area (Å²) >= 11 is 0. The maximum Gasteiger partial charge on any atom is 0.323 e. The first-order valence-electron chi connectivity index (χ1n) is 6.08. The van der Waals surface area contributed by atoms with Gasteiger partial charge in [-0.3, -0.25) is 4.79 Å². The molecule has 0 saturated heterocycles. The van der Waals surface area contributed by atoms with Crippen LogP contribution in [-0.4, -0.2) is 21.6 Å². The quantitative estimate of drug-likeness (QED) is 0.814. The monoisotopic (exact) mass is 259 g/mol. The Balaban J connectivity index is 1.84. The number of aromatic nitrogens is 2. The number of hydrogen-bond donors (Lipinski definition) is 1. The van der Waals surface area contributed by atoms with E-state index in [4.69, 9.17) is 10.5 Å². The van der Waals surface area contributed by atoms with E-state index < -0.39 is 12.0 Å². The molecule has 19 heavy (non-hydrogen) atoms. The number of nitrogens with two attached hydrogens (primary N) is 1. The fourth-order valence-electron chi connectivity index (χ4n) is 1.73. The van der Waals surface area contributed by atoms with Gasteiger partial charge >= 0.3 is 5.97 Å². The minimum absolute atomic E-state index is 0.249. The van der Waals surface area contributed by atoms with E-state index in [0.29, 0.717) is 6.42 Å². The normalized spacial score (nSPS) is 12.1. The minimum Gasteiger partial charge on any atom is -0.460 e. The molecule has 1 unspecified atom stereocenters. The van der Waals surface area contributed by atoms with E-state index in [2.05, 4.69) is 4.98 Å². The van der Waals surface area contributed by atoms with Crippen molar-refractivity contribution in [2.24, 2.45) is 12.8 Å². The van der Waals surface area contributed by atoms with Crippen LogP contribution in [0.25, 0.3) is 0 Å². The third-order valence-corrected chi connectivity index (χ3v) is 2.87. The Hall–Kier alpha value is -2.14. The lowest BCUT2D eigenvalue weighted by Gasteiger charge is -2.11. The summed E-state index contributed by atoms with van der Waals surface area (Å²) in [6.45, 7) is 0.249. The molecule has 1 atom stereocenters. The number of nitrogens with zero attached hydrogens (tertiary/aromatic N) is 2. The van der Waals surface area contributed by atoms with Crippen molar-refractivity contribution in [1.29, 1.82) is 0 Å². The van der Waals surface area contributed by atoms with Crippen molar-refractivity contribution in [1.82, 2.24) is 9.55 Å². The molecule has 100 valence electrons. The fourth-order valence-corrected chi connectivity index (χ4v) is 1.73. The van der Waals surface area contributed by atoms with E-state index in [1.54, 1.807) is 12.5 Å². The molecule has 0 amide bonds. The lowest BCUT2D eigenvalue weighted by molar-refractivity contribution is -0.146. The summed E-state index contributed by atoms with van der Waals surface area (Å²) in [6, 6.07) is 8.86. The average molecular weight is 259 g/mol. The van der Waals surface area contributed by atoms with Gasteiger partial charge in [0.2, 0.25) is 0 Å². The van der Waals surface area contributed by atoms with Crippen LogP contribution in [-0.2, 0) is 29.6 Å². The van der Waals surface area contributed by atoms with E-state index >= 15 is 0 Å². The summed E-state index contributed by atoms with van der Waals surface area (Å²) in [5.74, 6) is -0.398. The lowest BCUT2D eigenvalue weighted by atomic mass is 10.2. The van der Waals surface area contributed by atoms with Crippen molar-refractivity contribution in [3.05, 3.63) is 54.1 Å². The van der Waals surface area contributed by atoms with Crippen molar-refractivity contribution < 1.29 is 9.53 Å². The molecule has 0 fully saturated rings. The molecule has 0 saturated carbocycles. The van der Waals surface area contributed by atoms with Gasteiger partial charge in [0, 0.05) is 25.4 Å². The molecule has 1 aromatic carbocycles. The van der Waals surface area contributed by atoms with Gasteiger partial charge in [0.25, 0.3) is 0 Å². The summed E-state index contributed by atoms with van der Waals surface area (Å²) in [6.07, 6.45) is 3.80. The van der Waals surface area contributed by atoms with Gasteiger partial charge in [0.15, 0.2) is 0 Å². The van der Waals surface area contributed by atoms with Crippen LogP contribution in [0.15, 0.2) is 42.9 Å². The maximum absolute atomic E-state index is 11.8. The summed E-state index contributed by atoms with van der Waals surface area (Å²) in [5.41, 5.74) is 7.68. The highest BCUT2D eigenvalue weighted by molar-refractivity contribution is 5.75. The number of esters is 1. The van der Waals surface area contributed by atoms with Crippen LogP contribution in [0.4, 0.5) is 0 Å². The van der Waals surface area contributed by atoms with Crippen LogP contribution >= 0.6 is 0 Å². The van der Waals surface area contributed by atoms with Crippen LogP contribution in [0.2, 0.25) is 0 Å². The smallest absolute Gasteiger partial charge is 0.323 e. The Morgan fingerprint density at radius 1 is 1.42 bits per heavy atom. The Morgan fingerprint density at radius 2 is 2.16 bits per heavy atom. The Labute approximate surface area is 112 Å². The van der Waals surface area contributed by atoms with Crippen LogP contribution in [0.3, 0.4) is 0 Å². The zero-order valence-electron chi connectivity index (χ0n) is 10.8. The highest BCUT2D eigenvalue weighted by Gasteiger charge is 2.17. The first kappa shape index (κ1) is 13.3. The van der Waals surface area contributed by atoms with Gasteiger partial charge in [0.05, 0.1) is 6.33 Å². The number of imidazole rings is 1. The van der Waals surface area contributed by atoms with E-state index in [-0.39, 0.29) is 6.61 Å². The molecule has 2 N–H and O–H groups in total. The van der Waals surface area contributed by atoms with Gasteiger partial charge in [-0.25, -0.2) is 4.98 Å². The molecule has 5 nitrogen and oxygen atoms in total. The summed E-state index contributed by atoms with van der Waals surface area (Å²) < 4.78 is 7.02. The van der Waals surface area contributed by atoms with Gasteiger partial charge in [-0.15, -0.1) is 0 Å². The van der Waals surface area contributed by atoms with Crippen LogP contribution in [0.5, 0.6) is 0 Å². The molecule has 2 aromatic rings. The van der Waals surface area contributed by atoms with E-state index in [0.717, 1.165) is 11.3 Å². The second-order valence-corrected chi connectivity index (χ2v) is 4.40. The summed E-state index contributed by atoms with van der Waals surface area (Å²) in [7, 11) is 1.87. The molecule has 0 aliphatic heterocycles. The zero-order valence-corrected chi connectivity index (χ0v) is 10.8. The highest BCUT2D eigenvalue weighted by Crippen LogP contribution is 2.04. The van der Waals surface area contributed by atoms with Gasteiger partial charge in [0.1, 0.15) is 12.6 Å². The van der Waals surface area contributed by atoms with E-state index in [1.807, 2.05) is 41.9 Å². The van der Waals surface area contributed by atoms with Crippen molar-refractivity contribution in [3.63, 3.8) is 0 Å². The predicted molar refractivity (Wildman–Crippen MR) is 71.1 cm³/mol. The van der Waals surface area contributed by atoms with Gasteiger partial charge in [-0.1, -0.05) is 30.3 Å². The zero-order chi connectivity index (χ0) is 13.7. The molecule has 0 spiro atoms. The van der Waals surface area contributed by atoms with Gasteiger partial charge < -0.3 is 15.0 Å². The molecular formula is C14H17N3O2. The van der Waals surface area contributed by atoms with Gasteiger partial charge in [-0.2, -0.15) is 0 Å². The second kappa shape index (κ2) is 6.15. The second-order valence-electron chi connectivity index (χ2n) is 4.40. The first-order chi connectivity index (χ1) is 9.16. The first-order valence-corrected chi connectivity index (χ1v) is 6.08. The molecule has 0 aliphatic carbocycles. The number of benzene rings is 1. The number of rotatable bonds is 5. The largest absolute Gasteiger partial charge is 0.460 e. The highest BCUT2D eigenvalue weighted by atomic mass is 16.5. The molecule has 0 bridgehead atoms. The molecular weight excluding hydrogens is 242 g/mol. The lowest BCUT2D eigenvalue weighted by Crippen LogP contribution is -2.34. The van der Waals surface area contributed by atoms with Crippen LogP contribution < -0.4 is 5.73 Å². The van der Waals surface area contributed by atoms with Crippen molar-refractivity contribution >= 4 is 5.97 Å². The average Bonchev–Trinajstić information content (AvgIpc) is 2.82. The topological polar surface area (TPSA) is 70.1 Å². The van der Waals surface area contributed by atoms with Crippen LogP contribution in [0, 0.1) is 0 Å². The minimum atomic E-state index is -0.667. The Morgan fingerprint density at radius 3 is 2.79 bits per heavy atom. The third-order valence-electron chi connectivity index (χ3n) is 2.87. The van der Waals surface area contributed by atoms with Crippen molar-refractivity contribution in [2.75, 3.05) is 0 Å². The summed E-state index contributed by atoms with van der Waals surface area (Å²) in [4.78, 5) is 15.8. The molecule has 0 aliphatic rings. The van der Waals surface area contributed by atoms with Crippen LogP contribution in [0.1, 0.15) is 11.3 Å². The summed E-state index contributed by atoms with van der Waals surface area (Å²) in [5, 5.41) is 0. The number of carbonyl (C=O) groups is 1. The Kier molecular flexibility index (Phi) is 4.30. The number of carbonyl (C=O) groups excluding carboxylic acids is 1. The number of hydrogen-bond acceptors (Lipinski definition) is 4. The molecule has 0 radical (unpaired) electrons. The van der Waals surface area contributed by atoms with Crippen molar-refractivity contribution in [2.45, 2.75) is 19.1 Å². The third kappa shape index (κ3) is 3.66.